The zero-order valence-corrected chi connectivity index (χ0v) is 13.5. The van der Waals surface area contributed by atoms with Gasteiger partial charge in [-0.2, -0.15) is 0 Å². The van der Waals surface area contributed by atoms with E-state index in [0.717, 1.165) is 5.56 Å². The molecule has 1 heterocycles. The summed E-state index contributed by atoms with van der Waals surface area (Å²) in [6.45, 7) is 0. The molecule has 20 heavy (non-hydrogen) atoms. The van der Waals surface area contributed by atoms with E-state index in [-0.39, 0.29) is 16.6 Å². The van der Waals surface area contributed by atoms with E-state index in [2.05, 4.69) is 25.6 Å². The van der Waals surface area contributed by atoms with Crippen LogP contribution in [0.2, 0.25) is 5.15 Å². The molecule has 0 radical (unpaired) electrons. The van der Waals surface area contributed by atoms with Gasteiger partial charge in [0.25, 0.3) is 0 Å². The molecule has 1 N–H and O–H groups in total. The molecule has 0 atom stereocenters. The molecule has 4 nitrogen and oxygen atoms in total. The molecule has 0 spiro atoms. The molecule has 0 unspecified atom stereocenters. The van der Waals surface area contributed by atoms with Gasteiger partial charge in [-0.1, -0.05) is 41.9 Å². The minimum absolute atomic E-state index is 0.0140. The van der Waals surface area contributed by atoms with Gasteiger partial charge in [-0.15, -0.1) is 0 Å². The van der Waals surface area contributed by atoms with E-state index in [9.17, 15) is 8.42 Å². The Bertz CT molecular complexity index is 693. The summed E-state index contributed by atoms with van der Waals surface area (Å²) >= 11 is 9.08. The second-order valence-corrected chi connectivity index (χ2v) is 7.26. The molecular formula is C13H12BrClN2O2S. The summed E-state index contributed by atoms with van der Waals surface area (Å²) in [5, 5.41) is 0.122. The predicted molar refractivity (Wildman–Crippen MR) is 84.5 cm³/mol. The highest BCUT2D eigenvalue weighted by atomic mass is 79.9. The van der Waals surface area contributed by atoms with Crippen LogP contribution < -0.4 is 4.72 Å². The largest absolute Gasteiger partial charge is 0.280 e. The number of aryl methyl sites for hydroxylation is 1. The number of hydrogen-bond donors (Lipinski definition) is 1. The van der Waals surface area contributed by atoms with Gasteiger partial charge in [0.2, 0.25) is 10.0 Å². The lowest BCUT2D eigenvalue weighted by molar-refractivity contribution is 0.600. The fraction of sp³-hybridized carbons (Fsp3) is 0.154. The maximum atomic E-state index is 12.0. The molecule has 0 aliphatic rings. The quantitative estimate of drug-likeness (QED) is 0.814. The summed E-state index contributed by atoms with van der Waals surface area (Å²) < 4.78 is 27.1. The SMILES string of the molecule is O=S(=O)(CCc1ccccc1)Nc1cc(Br)cnc1Cl. The molecule has 0 aliphatic carbocycles. The van der Waals surface area contributed by atoms with Crippen molar-refractivity contribution in [3.8, 4) is 0 Å². The van der Waals surface area contributed by atoms with Crippen LogP contribution in [0.3, 0.4) is 0 Å². The Balaban J connectivity index is 2.06. The minimum Gasteiger partial charge on any atom is -0.280 e. The number of halogens is 2. The highest BCUT2D eigenvalue weighted by Gasteiger charge is 2.13. The summed E-state index contributed by atoms with van der Waals surface area (Å²) in [7, 11) is -3.47. The molecule has 0 amide bonds. The van der Waals surface area contributed by atoms with Crippen molar-refractivity contribution < 1.29 is 8.42 Å². The fourth-order valence-electron chi connectivity index (χ4n) is 1.61. The van der Waals surface area contributed by atoms with Gasteiger partial charge in [0.15, 0.2) is 5.15 Å². The van der Waals surface area contributed by atoms with Crippen molar-refractivity contribution in [1.29, 1.82) is 0 Å². The number of hydrogen-bond acceptors (Lipinski definition) is 3. The van der Waals surface area contributed by atoms with E-state index in [1.165, 1.54) is 6.20 Å². The van der Waals surface area contributed by atoms with Crippen molar-refractivity contribution in [1.82, 2.24) is 4.98 Å². The van der Waals surface area contributed by atoms with Gasteiger partial charge in [-0.25, -0.2) is 13.4 Å². The van der Waals surface area contributed by atoms with E-state index in [1.807, 2.05) is 30.3 Å². The lowest BCUT2D eigenvalue weighted by Crippen LogP contribution is -2.18. The van der Waals surface area contributed by atoms with E-state index in [1.54, 1.807) is 6.07 Å². The first kappa shape index (κ1) is 15.3. The van der Waals surface area contributed by atoms with Crippen molar-refractivity contribution in [2.24, 2.45) is 0 Å². The zero-order valence-electron chi connectivity index (χ0n) is 10.4. The second kappa shape index (κ2) is 6.56. The third-order valence-electron chi connectivity index (χ3n) is 2.57. The maximum Gasteiger partial charge on any atom is 0.233 e. The molecule has 0 bridgehead atoms. The monoisotopic (exact) mass is 374 g/mol. The number of nitrogens with zero attached hydrogens (tertiary/aromatic N) is 1. The maximum absolute atomic E-state index is 12.0. The van der Waals surface area contributed by atoms with Gasteiger partial charge in [0.05, 0.1) is 11.4 Å². The van der Waals surface area contributed by atoms with E-state index < -0.39 is 10.0 Å². The van der Waals surface area contributed by atoms with Gasteiger partial charge < -0.3 is 0 Å². The average Bonchev–Trinajstić information content (AvgIpc) is 2.42. The van der Waals surface area contributed by atoms with Gasteiger partial charge in [-0.3, -0.25) is 4.72 Å². The zero-order chi connectivity index (χ0) is 14.6. The average molecular weight is 376 g/mol. The molecule has 0 saturated heterocycles. The number of pyridine rings is 1. The van der Waals surface area contributed by atoms with Crippen LogP contribution >= 0.6 is 27.5 Å². The first-order valence-electron chi connectivity index (χ1n) is 5.82. The number of nitrogens with one attached hydrogen (secondary N) is 1. The molecule has 0 saturated carbocycles. The van der Waals surface area contributed by atoms with Crippen LogP contribution in [0.4, 0.5) is 5.69 Å². The van der Waals surface area contributed by atoms with Crippen LogP contribution in [0, 0.1) is 0 Å². The van der Waals surface area contributed by atoms with Crippen LogP contribution in [-0.2, 0) is 16.4 Å². The van der Waals surface area contributed by atoms with E-state index in [4.69, 9.17) is 11.6 Å². The third-order valence-corrected chi connectivity index (χ3v) is 4.58. The van der Waals surface area contributed by atoms with Gasteiger partial charge >= 0.3 is 0 Å². The van der Waals surface area contributed by atoms with Gasteiger partial charge in [0, 0.05) is 10.7 Å². The standard InChI is InChI=1S/C13H12BrClN2O2S/c14-11-8-12(13(15)16-9-11)17-20(18,19)7-6-10-4-2-1-3-5-10/h1-5,8-9,17H,6-7H2. The van der Waals surface area contributed by atoms with Crippen LogP contribution in [0.1, 0.15) is 5.56 Å². The molecule has 1 aromatic carbocycles. The number of benzene rings is 1. The Kier molecular flexibility index (Phi) is 5.01. The fourth-order valence-corrected chi connectivity index (χ4v) is 3.24. The van der Waals surface area contributed by atoms with Gasteiger partial charge in [-0.05, 0) is 34.0 Å². The molecular weight excluding hydrogens is 364 g/mol. The Labute approximate surface area is 131 Å². The Morgan fingerprint density at radius 3 is 2.65 bits per heavy atom. The third kappa shape index (κ3) is 4.47. The van der Waals surface area contributed by atoms with Crippen molar-refractivity contribution in [2.45, 2.75) is 6.42 Å². The molecule has 0 aliphatic heterocycles. The predicted octanol–water partition coefficient (Wildman–Crippen LogP) is 3.48. The highest BCUT2D eigenvalue weighted by Crippen LogP contribution is 2.24. The van der Waals surface area contributed by atoms with Crippen LogP contribution in [0.25, 0.3) is 0 Å². The smallest absolute Gasteiger partial charge is 0.233 e. The molecule has 2 aromatic rings. The Morgan fingerprint density at radius 1 is 1.25 bits per heavy atom. The van der Waals surface area contributed by atoms with Crippen LogP contribution in [0.15, 0.2) is 47.1 Å². The summed E-state index contributed by atoms with van der Waals surface area (Å²) in [5.74, 6) is -0.0140. The Hall–Kier alpha value is -1.11. The normalized spacial score (nSPS) is 11.3. The lowest BCUT2D eigenvalue weighted by atomic mass is 10.2. The highest BCUT2D eigenvalue weighted by molar-refractivity contribution is 9.10. The molecule has 1 aromatic heterocycles. The van der Waals surface area contributed by atoms with Crippen LogP contribution in [-0.4, -0.2) is 19.2 Å². The van der Waals surface area contributed by atoms with Gasteiger partial charge in [0.1, 0.15) is 0 Å². The van der Waals surface area contributed by atoms with Crippen molar-refractivity contribution in [2.75, 3.05) is 10.5 Å². The molecule has 106 valence electrons. The number of aromatic nitrogens is 1. The number of rotatable bonds is 5. The molecule has 7 heteroatoms. The summed E-state index contributed by atoms with van der Waals surface area (Å²) in [6.07, 6.45) is 1.94. The minimum atomic E-state index is -3.47. The molecule has 0 fully saturated rings. The van der Waals surface area contributed by atoms with Crippen LogP contribution in [0.5, 0.6) is 0 Å². The molecule has 2 rings (SSSR count). The van der Waals surface area contributed by atoms with E-state index >= 15 is 0 Å². The first-order chi connectivity index (χ1) is 9.46. The summed E-state index contributed by atoms with van der Waals surface area (Å²) in [4.78, 5) is 3.87. The summed E-state index contributed by atoms with van der Waals surface area (Å²) in [5.41, 5.74) is 1.24. The number of anilines is 1. The van der Waals surface area contributed by atoms with Crippen molar-refractivity contribution in [3.05, 3.63) is 57.8 Å². The Morgan fingerprint density at radius 2 is 1.95 bits per heavy atom. The van der Waals surface area contributed by atoms with Crippen molar-refractivity contribution >= 4 is 43.2 Å². The first-order valence-corrected chi connectivity index (χ1v) is 8.64. The number of sulfonamides is 1. The second-order valence-electron chi connectivity index (χ2n) is 4.15. The van der Waals surface area contributed by atoms with E-state index in [0.29, 0.717) is 10.9 Å². The van der Waals surface area contributed by atoms with Crippen molar-refractivity contribution in [3.63, 3.8) is 0 Å². The summed E-state index contributed by atoms with van der Waals surface area (Å²) in [6, 6.07) is 11.0. The lowest BCUT2D eigenvalue weighted by Gasteiger charge is -2.09. The topological polar surface area (TPSA) is 59.1 Å².